The number of hydrogen-bond donors (Lipinski definition) is 2. The number of nitrogens with one attached hydrogen (secondary N) is 1. The summed E-state index contributed by atoms with van der Waals surface area (Å²) in [5.74, 6) is 0.463. The van der Waals surface area contributed by atoms with Crippen molar-refractivity contribution in [1.29, 1.82) is 0 Å². The largest absolute Gasteiger partial charge is 0.396 e. The van der Waals surface area contributed by atoms with Crippen molar-refractivity contribution in [3.8, 4) is 0 Å². The minimum absolute atomic E-state index is 0.119. The highest BCUT2D eigenvalue weighted by Crippen LogP contribution is 2.23. The number of benzene rings is 1. The third-order valence-corrected chi connectivity index (χ3v) is 3.80. The molecule has 0 aliphatic heterocycles. The van der Waals surface area contributed by atoms with Crippen LogP contribution >= 0.6 is 0 Å². The SMILES string of the molecule is CC(C)C(CCO)NC(c1ccccc1)c1ccncc1. The Morgan fingerprint density at radius 2 is 1.62 bits per heavy atom. The van der Waals surface area contributed by atoms with Gasteiger partial charge in [0.2, 0.25) is 0 Å². The van der Waals surface area contributed by atoms with Crippen molar-refractivity contribution in [2.75, 3.05) is 6.61 Å². The topological polar surface area (TPSA) is 45.1 Å². The lowest BCUT2D eigenvalue weighted by Gasteiger charge is -2.29. The van der Waals surface area contributed by atoms with E-state index in [-0.39, 0.29) is 18.7 Å². The smallest absolute Gasteiger partial charge is 0.0580 e. The minimum atomic E-state index is 0.119. The molecule has 1 heterocycles. The number of aromatic nitrogens is 1. The highest BCUT2D eigenvalue weighted by atomic mass is 16.3. The van der Waals surface area contributed by atoms with Gasteiger partial charge in [-0.25, -0.2) is 0 Å². The number of aliphatic hydroxyl groups excluding tert-OH is 1. The van der Waals surface area contributed by atoms with E-state index in [1.807, 2.05) is 30.6 Å². The Labute approximate surface area is 127 Å². The molecule has 0 fully saturated rings. The van der Waals surface area contributed by atoms with Crippen molar-refractivity contribution in [2.45, 2.75) is 32.4 Å². The van der Waals surface area contributed by atoms with E-state index in [1.54, 1.807) is 0 Å². The monoisotopic (exact) mass is 284 g/mol. The van der Waals surface area contributed by atoms with Gasteiger partial charge in [0.15, 0.2) is 0 Å². The fourth-order valence-corrected chi connectivity index (χ4v) is 2.55. The second-order valence-corrected chi connectivity index (χ2v) is 5.65. The molecule has 21 heavy (non-hydrogen) atoms. The molecule has 2 rings (SSSR count). The Kier molecular flexibility index (Phi) is 5.90. The number of nitrogens with zero attached hydrogens (tertiary/aromatic N) is 1. The normalized spacial score (nSPS) is 14.1. The first-order chi connectivity index (χ1) is 10.2. The van der Waals surface area contributed by atoms with E-state index in [9.17, 15) is 5.11 Å². The first kappa shape index (κ1) is 15.7. The summed E-state index contributed by atoms with van der Waals surface area (Å²) in [5, 5.41) is 13.0. The maximum Gasteiger partial charge on any atom is 0.0580 e. The lowest BCUT2D eigenvalue weighted by molar-refractivity contribution is 0.239. The zero-order valence-electron chi connectivity index (χ0n) is 12.7. The summed E-state index contributed by atoms with van der Waals surface area (Å²) in [6.45, 7) is 4.57. The highest BCUT2D eigenvalue weighted by molar-refractivity contribution is 5.30. The quantitative estimate of drug-likeness (QED) is 0.821. The Bertz CT molecular complexity index is 474. The van der Waals surface area contributed by atoms with Gasteiger partial charge in [-0.3, -0.25) is 4.98 Å². The minimum Gasteiger partial charge on any atom is -0.396 e. The van der Waals surface area contributed by atoms with Gasteiger partial charge in [-0.1, -0.05) is 44.2 Å². The van der Waals surface area contributed by atoms with Crippen molar-refractivity contribution in [2.24, 2.45) is 5.92 Å². The van der Waals surface area contributed by atoms with Crippen LogP contribution in [0.15, 0.2) is 54.9 Å². The highest BCUT2D eigenvalue weighted by Gasteiger charge is 2.20. The molecular weight excluding hydrogens is 260 g/mol. The summed E-state index contributed by atoms with van der Waals surface area (Å²) in [4.78, 5) is 4.10. The van der Waals surface area contributed by atoms with Crippen LogP contribution in [0, 0.1) is 5.92 Å². The van der Waals surface area contributed by atoms with Crippen LogP contribution in [-0.4, -0.2) is 22.7 Å². The van der Waals surface area contributed by atoms with Gasteiger partial charge in [-0.2, -0.15) is 0 Å². The molecule has 0 bridgehead atoms. The van der Waals surface area contributed by atoms with Gasteiger partial charge in [-0.15, -0.1) is 0 Å². The van der Waals surface area contributed by atoms with Gasteiger partial charge in [0.25, 0.3) is 0 Å². The van der Waals surface area contributed by atoms with E-state index in [4.69, 9.17) is 0 Å². The number of hydrogen-bond acceptors (Lipinski definition) is 3. The Morgan fingerprint density at radius 1 is 1.00 bits per heavy atom. The van der Waals surface area contributed by atoms with Crippen molar-refractivity contribution in [3.05, 3.63) is 66.0 Å². The summed E-state index contributed by atoms with van der Waals surface area (Å²) < 4.78 is 0. The summed E-state index contributed by atoms with van der Waals surface area (Å²) in [7, 11) is 0. The number of aliphatic hydroxyl groups is 1. The molecule has 2 unspecified atom stereocenters. The summed E-state index contributed by atoms with van der Waals surface area (Å²) in [6.07, 6.45) is 4.40. The second kappa shape index (κ2) is 7.91. The molecule has 3 heteroatoms. The van der Waals surface area contributed by atoms with E-state index in [0.717, 1.165) is 6.42 Å². The van der Waals surface area contributed by atoms with Crippen LogP contribution in [0.5, 0.6) is 0 Å². The van der Waals surface area contributed by atoms with Gasteiger partial charge in [0.1, 0.15) is 0 Å². The molecule has 2 N–H and O–H groups in total. The predicted molar refractivity (Wildman–Crippen MR) is 86.0 cm³/mol. The summed E-state index contributed by atoms with van der Waals surface area (Å²) >= 11 is 0. The fraction of sp³-hybridized carbons (Fsp3) is 0.389. The number of pyridine rings is 1. The molecule has 0 radical (unpaired) electrons. The molecule has 1 aromatic heterocycles. The molecule has 0 saturated carbocycles. The van der Waals surface area contributed by atoms with Crippen LogP contribution < -0.4 is 5.32 Å². The lowest BCUT2D eigenvalue weighted by Crippen LogP contribution is -2.38. The van der Waals surface area contributed by atoms with E-state index in [1.165, 1.54) is 11.1 Å². The van der Waals surface area contributed by atoms with Crippen LogP contribution in [-0.2, 0) is 0 Å². The van der Waals surface area contributed by atoms with Crippen molar-refractivity contribution in [1.82, 2.24) is 10.3 Å². The van der Waals surface area contributed by atoms with Gasteiger partial charge in [0.05, 0.1) is 6.04 Å². The molecule has 0 amide bonds. The molecule has 112 valence electrons. The first-order valence-electron chi connectivity index (χ1n) is 7.54. The molecule has 0 spiro atoms. The Hall–Kier alpha value is -1.71. The Balaban J connectivity index is 2.28. The maximum absolute atomic E-state index is 9.29. The standard InChI is InChI=1S/C18H24N2O/c1-14(2)17(10-13-21)20-18(15-6-4-3-5-7-15)16-8-11-19-12-9-16/h3-9,11-12,14,17-18,20-21H,10,13H2,1-2H3. The summed E-state index contributed by atoms with van der Waals surface area (Å²) in [5.41, 5.74) is 2.42. The van der Waals surface area contributed by atoms with Gasteiger partial charge in [0, 0.05) is 25.0 Å². The average Bonchev–Trinajstić information content (AvgIpc) is 2.53. The van der Waals surface area contributed by atoms with Crippen LogP contribution in [0.25, 0.3) is 0 Å². The average molecular weight is 284 g/mol. The van der Waals surface area contributed by atoms with E-state index < -0.39 is 0 Å². The maximum atomic E-state index is 9.29. The summed E-state index contributed by atoms with van der Waals surface area (Å²) in [6, 6.07) is 14.9. The van der Waals surface area contributed by atoms with Crippen LogP contribution in [0.3, 0.4) is 0 Å². The molecule has 2 aromatic rings. The van der Waals surface area contributed by atoms with Crippen molar-refractivity contribution in [3.63, 3.8) is 0 Å². The molecule has 3 nitrogen and oxygen atoms in total. The van der Waals surface area contributed by atoms with E-state index >= 15 is 0 Å². The van der Waals surface area contributed by atoms with Crippen molar-refractivity contribution >= 4 is 0 Å². The molecule has 0 aliphatic rings. The molecule has 0 aliphatic carbocycles. The van der Waals surface area contributed by atoms with Gasteiger partial charge in [-0.05, 0) is 35.6 Å². The molecule has 2 atom stereocenters. The van der Waals surface area contributed by atoms with Crippen LogP contribution in [0.2, 0.25) is 0 Å². The fourth-order valence-electron chi connectivity index (χ4n) is 2.55. The lowest BCUT2D eigenvalue weighted by atomic mass is 9.94. The van der Waals surface area contributed by atoms with Gasteiger partial charge >= 0.3 is 0 Å². The molecule has 1 aromatic carbocycles. The third-order valence-electron chi connectivity index (χ3n) is 3.80. The second-order valence-electron chi connectivity index (χ2n) is 5.65. The van der Waals surface area contributed by atoms with Gasteiger partial charge < -0.3 is 10.4 Å². The van der Waals surface area contributed by atoms with Crippen molar-refractivity contribution < 1.29 is 5.11 Å². The first-order valence-corrected chi connectivity index (χ1v) is 7.54. The predicted octanol–water partition coefficient (Wildman–Crippen LogP) is 3.17. The van der Waals surface area contributed by atoms with Crippen LogP contribution in [0.1, 0.15) is 37.4 Å². The van der Waals surface area contributed by atoms with Crippen LogP contribution in [0.4, 0.5) is 0 Å². The third kappa shape index (κ3) is 4.38. The molecule has 0 saturated heterocycles. The number of rotatable bonds is 7. The zero-order valence-corrected chi connectivity index (χ0v) is 12.7. The van der Waals surface area contributed by atoms with E-state index in [0.29, 0.717) is 5.92 Å². The van der Waals surface area contributed by atoms with E-state index in [2.05, 4.69) is 48.4 Å². The Morgan fingerprint density at radius 3 is 2.19 bits per heavy atom. The zero-order chi connectivity index (χ0) is 15.1. The molecular formula is C18H24N2O.